The van der Waals surface area contributed by atoms with Gasteiger partial charge >= 0.3 is 0 Å². The molecule has 2 aliphatic rings. The maximum absolute atomic E-state index is 12.6. The highest BCUT2D eigenvalue weighted by Crippen LogP contribution is 2.29. The highest BCUT2D eigenvalue weighted by molar-refractivity contribution is 5.97. The van der Waals surface area contributed by atoms with Gasteiger partial charge in [-0.2, -0.15) is 0 Å². The van der Waals surface area contributed by atoms with Crippen LogP contribution in [0.25, 0.3) is 0 Å². The molecule has 5 nitrogen and oxygen atoms in total. The van der Waals surface area contributed by atoms with Crippen molar-refractivity contribution in [2.45, 2.75) is 45.1 Å². The molecule has 1 fully saturated rings. The molecule has 0 saturated carbocycles. The van der Waals surface area contributed by atoms with Crippen LogP contribution in [0.2, 0.25) is 0 Å². The van der Waals surface area contributed by atoms with Crippen LogP contribution in [0, 0.1) is 0 Å². The van der Waals surface area contributed by atoms with Crippen LogP contribution in [0.3, 0.4) is 0 Å². The molecular formula is C18H25N3O2. The van der Waals surface area contributed by atoms with Crippen molar-refractivity contribution in [2.24, 2.45) is 0 Å². The first kappa shape index (κ1) is 15.8. The predicted octanol–water partition coefficient (Wildman–Crippen LogP) is 2.41. The number of fused-ring (bicyclic) bond motifs is 1. The first-order valence-corrected chi connectivity index (χ1v) is 8.54. The van der Waals surface area contributed by atoms with Crippen molar-refractivity contribution in [1.82, 2.24) is 4.90 Å². The van der Waals surface area contributed by atoms with Gasteiger partial charge in [-0.3, -0.25) is 9.59 Å². The molecule has 2 amide bonds. The molecule has 1 aromatic rings. The van der Waals surface area contributed by atoms with Gasteiger partial charge in [0.2, 0.25) is 11.8 Å². The maximum atomic E-state index is 12.6. The molecule has 124 valence electrons. The van der Waals surface area contributed by atoms with Gasteiger partial charge in [-0.1, -0.05) is 6.92 Å². The standard InChI is InChI=1S/C18H25N3O2/c1-3-15(21-11-5-7-17(21)22)18(23)19-14-8-9-16-13(12-14)6-4-10-20(16)2/h8-9,12,15H,3-7,10-11H2,1-2H3,(H,19,23). The molecule has 1 aromatic carbocycles. The average Bonchev–Trinajstić information content (AvgIpc) is 2.94. The number of nitrogens with one attached hydrogen (secondary N) is 1. The first-order valence-electron chi connectivity index (χ1n) is 8.54. The van der Waals surface area contributed by atoms with Crippen molar-refractivity contribution in [3.8, 4) is 0 Å². The van der Waals surface area contributed by atoms with Gasteiger partial charge in [0.15, 0.2) is 0 Å². The van der Waals surface area contributed by atoms with Crippen molar-refractivity contribution in [2.75, 3.05) is 30.4 Å². The number of hydrogen-bond acceptors (Lipinski definition) is 3. The number of benzene rings is 1. The number of nitrogens with zero attached hydrogens (tertiary/aromatic N) is 2. The molecule has 1 N–H and O–H groups in total. The van der Waals surface area contributed by atoms with Crippen LogP contribution in [0.4, 0.5) is 11.4 Å². The molecular weight excluding hydrogens is 290 g/mol. The molecule has 0 radical (unpaired) electrons. The molecule has 0 aromatic heterocycles. The zero-order valence-corrected chi connectivity index (χ0v) is 14.0. The Labute approximate surface area is 137 Å². The quantitative estimate of drug-likeness (QED) is 0.928. The Morgan fingerprint density at radius 2 is 2.04 bits per heavy atom. The van der Waals surface area contributed by atoms with E-state index in [0.717, 1.165) is 31.5 Å². The van der Waals surface area contributed by atoms with E-state index in [2.05, 4.69) is 29.4 Å². The van der Waals surface area contributed by atoms with Gasteiger partial charge in [0.05, 0.1) is 0 Å². The lowest BCUT2D eigenvalue weighted by Crippen LogP contribution is -2.44. The van der Waals surface area contributed by atoms with E-state index in [9.17, 15) is 9.59 Å². The van der Waals surface area contributed by atoms with Crippen LogP contribution in [0.1, 0.15) is 38.2 Å². The molecule has 0 aliphatic carbocycles. The number of likely N-dealkylation sites (tertiary alicyclic amines) is 1. The fourth-order valence-corrected chi connectivity index (χ4v) is 3.63. The number of amides is 2. The molecule has 0 bridgehead atoms. The summed E-state index contributed by atoms with van der Waals surface area (Å²) in [5.74, 6) is 0.0194. The van der Waals surface area contributed by atoms with Gasteiger partial charge in [-0.05, 0) is 49.4 Å². The first-order chi connectivity index (χ1) is 11.1. The third-order valence-electron chi connectivity index (χ3n) is 4.87. The smallest absolute Gasteiger partial charge is 0.247 e. The van der Waals surface area contributed by atoms with Gasteiger partial charge < -0.3 is 15.1 Å². The van der Waals surface area contributed by atoms with Gasteiger partial charge in [0, 0.05) is 37.9 Å². The van der Waals surface area contributed by atoms with Crippen molar-refractivity contribution in [1.29, 1.82) is 0 Å². The zero-order valence-electron chi connectivity index (χ0n) is 14.0. The Morgan fingerprint density at radius 1 is 1.26 bits per heavy atom. The molecule has 2 aliphatic heterocycles. The van der Waals surface area contributed by atoms with Gasteiger partial charge in [-0.15, -0.1) is 0 Å². The van der Waals surface area contributed by atoms with Crippen molar-refractivity contribution in [3.63, 3.8) is 0 Å². The Bertz CT molecular complexity index is 614. The molecule has 1 unspecified atom stereocenters. The van der Waals surface area contributed by atoms with Crippen LogP contribution in [-0.2, 0) is 16.0 Å². The van der Waals surface area contributed by atoms with Crippen molar-refractivity contribution in [3.05, 3.63) is 23.8 Å². The lowest BCUT2D eigenvalue weighted by atomic mass is 10.0. The number of aryl methyl sites for hydroxylation is 1. The number of anilines is 2. The number of carbonyl (C=O) groups is 2. The lowest BCUT2D eigenvalue weighted by Gasteiger charge is -2.28. The normalized spacial score (nSPS) is 18.8. The second-order valence-electron chi connectivity index (χ2n) is 6.47. The summed E-state index contributed by atoms with van der Waals surface area (Å²) >= 11 is 0. The molecule has 2 heterocycles. The summed E-state index contributed by atoms with van der Waals surface area (Å²) < 4.78 is 0. The summed E-state index contributed by atoms with van der Waals surface area (Å²) in [6.45, 7) is 3.73. The van der Waals surface area contributed by atoms with Gasteiger partial charge in [0.1, 0.15) is 6.04 Å². The SMILES string of the molecule is CCC(C(=O)Nc1ccc2c(c1)CCCN2C)N1CCCC1=O. The zero-order chi connectivity index (χ0) is 16.4. The monoisotopic (exact) mass is 315 g/mol. The van der Waals surface area contributed by atoms with Crippen LogP contribution in [-0.4, -0.2) is 42.9 Å². The van der Waals surface area contributed by atoms with E-state index in [4.69, 9.17) is 0 Å². The van der Waals surface area contributed by atoms with Gasteiger partial charge in [-0.25, -0.2) is 0 Å². The van der Waals surface area contributed by atoms with E-state index in [1.54, 1.807) is 4.90 Å². The van der Waals surface area contributed by atoms with Crippen LogP contribution < -0.4 is 10.2 Å². The molecule has 23 heavy (non-hydrogen) atoms. The fourth-order valence-electron chi connectivity index (χ4n) is 3.63. The topological polar surface area (TPSA) is 52.7 Å². The summed E-state index contributed by atoms with van der Waals surface area (Å²) in [5.41, 5.74) is 3.35. The minimum atomic E-state index is -0.358. The van der Waals surface area contributed by atoms with Crippen LogP contribution in [0.5, 0.6) is 0 Å². The van der Waals surface area contributed by atoms with Crippen LogP contribution in [0.15, 0.2) is 18.2 Å². The minimum Gasteiger partial charge on any atom is -0.374 e. The summed E-state index contributed by atoms with van der Waals surface area (Å²) in [6, 6.07) is 5.74. The van der Waals surface area contributed by atoms with E-state index in [0.29, 0.717) is 19.4 Å². The van der Waals surface area contributed by atoms with Crippen LogP contribution >= 0.6 is 0 Å². The van der Waals surface area contributed by atoms with E-state index >= 15 is 0 Å². The molecule has 1 atom stereocenters. The van der Waals surface area contributed by atoms with E-state index in [1.807, 2.05) is 13.0 Å². The average molecular weight is 315 g/mol. The van der Waals surface area contributed by atoms with Crippen molar-refractivity contribution >= 4 is 23.2 Å². The lowest BCUT2D eigenvalue weighted by molar-refractivity contribution is -0.135. The Balaban J connectivity index is 1.73. The largest absolute Gasteiger partial charge is 0.374 e. The number of carbonyl (C=O) groups excluding carboxylic acids is 2. The second-order valence-corrected chi connectivity index (χ2v) is 6.47. The summed E-state index contributed by atoms with van der Waals surface area (Å²) in [5, 5.41) is 3.00. The molecule has 5 heteroatoms. The fraction of sp³-hybridized carbons (Fsp3) is 0.556. The highest BCUT2D eigenvalue weighted by atomic mass is 16.2. The molecule has 0 spiro atoms. The molecule has 3 rings (SSSR count). The van der Waals surface area contributed by atoms with E-state index in [-0.39, 0.29) is 17.9 Å². The Hall–Kier alpha value is -2.04. The summed E-state index contributed by atoms with van der Waals surface area (Å²) in [7, 11) is 2.10. The Morgan fingerprint density at radius 3 is 2.74 bits per heavy atom. The summed E-state index contributed by atoms with van der Waals surface area (Å²) in [4.78, 5) is 28.5. The summed E-state index contributed by atoms with van der Waals surface area (Å²) in [6.07, 6.45) is 4.25. The highest BCUT2D eigenvalue weighted by Gasteiger charge is 2.31. The maximum Gasteiger partial charge on any atom is 0.247 e. The van der Waals surface area contributed by atoms with E-state index < -0.39 is 0 Å². The predicted molar refractivity (Wildman–Crippen MR) is 91.7 cm³/mol. The third-order valence-corrected chi connectivity index (χ3v) is 4.87. The minimum absolute atomic E-state index is 0.0770. The number of hydrogen-bond donors (Lipinski definition) is 1. The molecule has 1 saturated heterocycles. The van der Waals surface area contributed by atoms with Gasteiger partial charge in [0.25, 0.3) is 0 Å². The third kappa shape index (κ3) is 3.19. The second kappa shape index (κ2) is 6.60. The van der Waals surface area contributed by atoms with Crippen molar-refractivity contribution < 1.29 is 9.59 Å². The van der Waals surface area contributed by atoms with E-state index in [1.165, 1.54) is 11.3 Å². The number of rotatable bonds is 4. The Kier molecular flexibility index (Phi) is 4.55.